The Hall–Kier alpha value is -3.57. The first-order valence-corrected chi connectivity index (χ1v) is 9.33. The SMILES string of the molecule is COc1cccc(-c2ccc(-n3cc(C(N)=O)nc3-c3ccccc3Cl)cc2)c1. The molecule has 0 bridgehead atoms. The Bertz CT molecular complexity index is 1180. The van der Waals surface area contributed by atoms with Gasteiger partial charge in [-0.3, -0.25) is 9.36 Å². The molecule has 1 amide bonds. The van der Waals surface area contributed by atoms with E-state index in [9.17, 15) is 4.79 Å². The highest BCUT2D eigenvalue weighted by Gasteiger charge is 2.16. The third-order valence-corrected chi connectivity index (χ3v) is 4.95. The number of rotatable bonds is 5. The van der Waals surface area contributed by atoms with Gasteiger partial charge in [-0.2, -0.15) is 0 Å². The first-order valence-electron chi connectivity index (χ1n) is 8.96. The van der Waals surface area contributed by atoms with Gasteiger partial charge in [0.2, 0.25) is 0 Å². The molecule has 0 radical (unpaired) electrons. The van der Waals surface area contributed by atoms with E-state index in [1.54, 1.807) is 19.4 Å². The summed E-state index contributed by atoms with van der Waals surface area (Å²) in [7, 11) is 1.65. The first-order chi connectivity index (χ1) is 14.1. The number of hydrogen-bond donors (Lipinski definition) is 1. The first kappa shape index (κ1) is 18.8. The van der Waals surface area contributed by atoms with Gasteiger partial charge in [0.25, 0.3) is 5.91 Å². The van der Waals surface area contributed by atoms with Crippen LogP contribution in [-0.2, 0) is 0 Å². The summed E-state index contributed by atoms with van der Waals surface area (Å²) in [5, 5.41) is 0.545. The predicted molar refractivity (Wildman–Crippen MR) is 115 cm³/mol. The monoisotopic (exact) mass is 403 g/mol. The van der Waals surface area contributed by atoms with Crippen LogP contribution in [0.5, 0.6) is 5.75 Å². The lowest BCUT2D eigenvalue weighted by molar-refractivity contribution is 0.0996. The second-order valence-electron chi connectivity index (χ2n) is 6.44. The molecule has 0 spiro atoms. The maximum Gasteiger partial charge on any atom is 0.268 e. The number of primary amides is 1. The molecule has 4 rings (SSSR count). The summed E-state index contributed by atoms with van der Waals surface area (Å²) in [6.07, 6.45) is 1.63. The quantitative estimate of drug-likeness (QED) is 0.511. The summed E-state index contributed by atoms with van der Waals surface area (Å²) in [5.41, 5.74) is 9.29. The fourth-order valence-electron chi connectivity index (χ4n) is 3.15. The van der Waals surface area contributed by atoms with Crippen molar-refractivity contribution < 1.29 is 9.53 Å². The van der Waals surface area contributed by atoms with Crippen LogP contribution in [-0.4, -0.2) is 22.6 Å². The van der Waals surface area contributed by atoms with Gasteiger partial charge in [-0.1, -0.05) is 48.0 Å². The molecule has 29 heavy (non-hydrogen) atoms. The fourth-order valence-corrected chi connectivity index (χ4v) is 3.37. The number of nitrogens with two attached hydrogens (primary N) is 1. The Labute approximate surface area is 173 Å². The van der Waals surface area contributed by atoms with E-state index in [0.717, 1.165) is 28.1 Å². The molecule has 2 N–H and O–H groups in total. The number of imidazole rings is 1. The fraction of sp³-hybridized carbons (Fsp3) is 0.0435. The highest BCUT2D eigenvalue weighted by Crippen LogP contribution is 2.30. The van der Waals surface area contributed by atoms with Gasteiger partial charge in [-0.25, -0.2) is 4.98 Å². The Balaban J connectivity index is 1.78. The van der Waals surface area contributed by atoms with E-state index in [-0.39, 0.29) is 5.69 Å². The maximum atomic E-state index is 11.7. The average Bonchev–Trinajstić information content (AvgIpc) is 3.20. The van der Waals surface area contributed by atoms with Crippen molar-refractivity contribution in [1.29, 1.82) is 0 Å². The van der Waals surface area contributed by atoms with Crippen molar-refractivity contribution in [1.82, 2.24) is 9.55 Å². The highest BCUT2D eigenvalue weighted by molar-refractivity contribution is 6.33. The number of aromatic nitrogens is 2. The minimum absolute atomic E-state index is 0.178. The zero-order chi connectivity index (χ0) is 20.4. The smallest absolute Gasteiger partial charge is 0.268 e. The van der Waals surface area contributed by atoms with Crippen molar-refractivity contribution in [3.8, 4) is 34.0 Å². The van der Waals surface area contributed by atoms with Crippen LogP contribution in [0.4, 0.5) is 0 Å². The third-order valence-electron chi connectivity index (χ3n) is 4.62. The number of methoxy groups -OCH3 is 1. The van der Waals surface area contributed by atoms with Crippen LogP contribution in [0.1, 0.15) is 10.5 Å². The van der Waals surface area contributed by atoms with Crippen molar-refractivity contribution in [3.05, 3.63) is 89.7 Å². The molecule has 1 heterocycles. The van der Waals surface area contributed by atoms with E-state index in [2.05, 4.69) is 4.98 Å². The van der Waals surface area contributed by atoms with Crippen molar-refractivity contribution in [2.75, 3.05) is 7.11 Å². The van der Waals surface area contributed by atoms with Crippen LogP contribution in [0, 0.1) is 0 Å². The van der Waals surface area contributed by atoms with E-state index in [1.165, 1.54) is 0 Å². The summed E-state index contributed by atoms with van der Waals surface area (Å²) in [5.74, 6) is 0.761. The molecule has 6 heteroatoms. The molecule has 4 aromatic rings. The molecule has 0 aliphatic rings. The summed E-state index contributed by atoms with van der Waals surface area (Å²) < 4.78 is 7.12. The average molecular weight is 404 g/mol. The number of halogens is 1. The lowest BCUT2D eigenvalue weighted by Crippen LogP contribution is -2.11. The van der Waals surface area contributed by atoms with E-state index < -0.39 is 5.91 Å². The largest absolute Gasteiger partial charge is 0.497 e. The van der Waals surface area contributed by atoms with Gasteiger partial charge in [0.1, 0.15) is 17.3 Å². The Morgan fingerprint density at radius 1 is 1.00 bits per heavy atom. The molecule has 0 atom stereocenters. The van der Waals surface area contributed by atoms with Crippen LogP contribution in [0.25, 0.3) is 28.2 Å². The van der Waals surface area contributed by atoms with Gasteiger partial charge >= 0.3 is 0 Å². The van der Waals surface area contributed by atoms with Crippen molar-refractivity contribution in [3.63, 3.8) is 0 Å². The van der Waals surface area contributed by atoms with Crippen molar-refractivity contribution >= 4 is 17.5 Å². The number of hydrogen-bond acceptors (Lipinski definition) is 3. The number of benzene rings is 3. The normalized spacial score (nSPS) is 10.7. The standard InChI is InChI=1S/C23H18ClN3O2/c1-29-18-6-4-5-16(13-18)15-9-11-17(12-10-15)27-14-21(22(25)28)26-23(27)19-7-2-3-8-20(19)24/h2-14H,1H3,(H2,25,28). The molecule has 3 aromatic carbocycles. The molecular formula is C23H18ClN3O2. The minimum Gasteiger partial charge on any atom is -0.497 e. The zero-order valence-corrected chi connectivity index (χ0v) is 16.4. The summed E-state index contributed by atoms with van der Waals surface area (Å²) >= 11 is 6.36. The molecule has 0 aliphatic heterocycles. The Kier molecular flexibility index (Phi) is 5.06. The highest BCUT2D eigenvalue weighted by atomic mass is 35.5. The van der Waals surface area contributed by atoms with Gasteiger partial charge in [0.05, 0.1) is 12.1 Å². The van der Waals surface area contributed by atoms with Crippen LogP contribution in [0.2, 0.25) is 5.02 Å². The van der Waals surface area contributed by atoms with Gasteiger partial charge < -0.3 is 10.5 Å². The molecule has 0 saturated carbocycles. The molecule has 0 aliphatic carbocycles. The van der Waals surface area contributed by atoms with E-state index in [1.807, 2.05) is 71.3 Å². The second-order valence-corrected chi connectivity index (χ2v) is 6.85. The van der Waals surface area contributed by atoms with Gasteiger partial charge in [0.15, 0.2) is 0 Å². The molecule has 5 nitrogen and oxygen atoms in total. The van der Waals surface area contributed by atoms with E-state index in [4.69, 9.17) is 22.1 Å². The van der Waals surface area contributed by atoms with Crippen LogP contribution < -0.4 is 10.5 Å². The number of nitrogens with zero attached hydrogens (tertiary/aromatic N) is 2. The van der Waals surface area contributed by atoms with Crippen LogP contribution in [0.3, 0.4) is 0 Å². The summed E-state index contributed by atoms with van der Waals surface area (Å²) in [6.45, 7) is 0. The maximum absolute atomic E-state index is 11.7. The minimum atomic E-state index is -0.593. The molecule has 1 aromatic heterocycles. The van der Waals surface area contributed by atoms with Crippen molar-refractivity contribution in [2.45, 2.75) is 0 Å². The van der Waals surface area contributed by atoms with E-state index in [0.29, 0.717) is 10.8 Å². The van der Waals surface area contributed by atoms with Gasteiger partial charge in [0, 0.05) is 17.4 Å². The Morgan fingerprint density at radius 3 is 2.45 bits per heavy atom. The topological polar surface area (TPSA) is 70.1 Å². The third kappa shape index (κ3) is 3.73. The molecular weight excluding hydrogens is 386 g/mol. The lowest BCUT2D eigenvalue weighted by Gasteiger charge is -2.10. The molecule has 0 unspecified atom stereocenters. The summed E-state index contributed by atoms with van der Waals surface area (Å²) in [6, 6.07) is 23.1. The second kappa shape index (κ2) is 7.81. The number of carbonyl (C=O) groups excluding carboxylic acids is 1. The molecule has 0 fully saturated rings. The number of ether oxygens (including phenoxy) is 1. The molecule has 0 saturated heterocycles. The zero-order valence-electron chi connectivity index (χ0n) is 15.7. The van der Waals surface area contributed by atoms with Crippen LogP contribution >= 0.6 is 11.6 Å². The van der Waals surface area contributed by atoms with Gasteiger partial charge in [-0.05, 0) is 47.5 Å². The lowest BCUT2D eigenvalue weighted by atomic mass is 10.1. The number of amides is 1. The molecule has 144 valence electrons. The van der Waals surface area contributed by atoms with Gasteiger partial charge in [-0.15, -0.1) is 0 Å². The van der Waals surface area contributed by atoms with Crippen LogP contribution in [0.15, 0.2) is 79.0 Å². The van der Waals surface area contributed by atoms with E-state index >= 15 is 0 Å². The predicted octanol–water partition coefficient (Wildman–Crippen LogP) is 4.97. The van der Waals surface area contributed by atoms with Crippen molar-refractivity contribution in [2.24, 2.45) is 5.73 Å². The number of carbonyl (C=O) groups is 1. The Morgan fingerprint density at radius 2 is 1.76 bits per heavy atom. The summed E-state index contributed by atoms with van der Waals surface area (Å²) in [4.78, 5) is 16.1.